The fourth-order valence-corrected chi connectivity index (χ4v) is 4.03. The van der Waals surface area contributed by atoms with Crippen molar-refractivity contribution >= 4 is 0 Å². The normalized spacial score (nSPS) is 12.8. The van der Waals surface area contributed by atoms with Gasteiger partial charge in [0, 0.05) is 0 Å². The van der Waals surface area contributed by atoms with Crippen molar-refractivity contribution in [2.75, 3.05) is 0 Å². The van der Waals surface area contributed by atoms with E-state index in [0.29, 0.717) is 0 Å². The van der Waals surface area contributed by atoms with Gasteiger partial charge >= 0.3 is 0 Å². The van der Waals surface area contributed by atoms with Crippen LogP contribution in [0.2, 0.25) is 0 Å². The monoisotopic (exact) mass is 398 g/mol. The van der Waals surface area contributed by atoms with Gasteiger partial charge in [0.1, 0.15) is 0 Å². The van der Waals surface area contributed by atoms with E-state index in [1.54, 1.807) is 0 Å². The summed E-state index contributed by atoms with van der Waals surface area (Å²) < 4.78 is 0. The summed E-state index contributed by atoms with van der Waals surface area (Å²) >= 11 is 0. The highest BCUT2D eigenvalue weighted by Gasteiger charge is 2.29. The Hall–Kier alpha value is -2.34. The molecule has 0 spiro atoms. The minimum Gasteiger partial charge on any atom is -0.0622 e. The standard InChI is InChI=1S/C30H38/c1-28(2,3)24-19-25(29(4,5)6)27(26(20-24)30(7,8)9)23-17-15-22(16-18-23)21-13-11-10-12-14-21/h10-20H,1-9H3. The van der Waals surface area contributed by atoms with Gasteiger partial charge < -0.3 is 0 Å². The molecule has 0 amide bonds. The zero-order valence-electron chi connectivity index (χ0n) is 20.4. The van der Waals surface area contributed by atoms with Crippen LogP contribution in [0.3, 0.4) is 0 Å². The zero-order chi connectivity index (χ0) is 22.3. The van der Waals surface area contributed by atoms with Crippen LogP contribution in [0.25, 0.3) is 22.3 Å². The maximum absolute atomic E-state index is 2.45. The lowest BCUT2D eigenvalue weighted by Crippen LogP contribution is -2.22. The van der Waals surface area contributed by atoms with Crippen LogP contribution in [0.15, 0.2) is 66.7 Å². The highest BCUT2D eigenvalue weighted by molar-refractivity contribution is 5.77. The van der Waals surface area contributed by atoms with Crippen molar-refractivity contribution in [3.63, 3.8) is 0 Å². The maximum atomic E-state index is 2.45. The van der Waals surface area contributed by atoms with Gasteiger partial charge in [-0.25, -0.2) is 0 Å². The molecule has 0 bridgehead atoms. The number of hydrogen-bond acceptors (Lipinski definition) is 0. The van der Waals surface area contributed by atoms with E-state index in [9.17, 15) is 0 Å². The molecule has 0 aliphatic carbocycles. The molecule has 0 aliphatic rings. The van der Waals surface area contributed by atoms with E-state index in [1.807, 2.05) is 0 Å². The Balaban J connectivity index is 2.27. The topological polar surface area (TPSA) is 0 Å². The third-order valence-electron chi connectivity index (χ3n) is 5.90. The molecule has 158 valence electrons. The predicted molar refractivity (Wildman–Crippen MR) is 133 cm³/mol. The van der Waals surface area contributed by atoms with Crippen molar-refractivity contribution in [3.8, 4) is 22.3 Å². The SMILES string of the molecule is CC(C)(C)c1cc(C(C)(C)C)c(-c2ccc(-c3ccccc3)cc2)c(C(C)(C)C)c1. The van der Waals surface area contributed by atoms with Gasteiger partial charge in [-0.1, -0.05) is 129 Å². The van der Waals surface area contributed by atoms with Gasteiger partial charge in [0.25, 0.3) is 0 Å². The summed E-state index contributed by atoms with van der Waals surface area (Å²) in [7, 11) is 0. The van der Waals surface area contributed by atoms with Crippen molar-refractivity contribution in [1.29, 1.82) is 0 Å². The van der Waals surface area contributed by atoms with Gasteiger partial charge in [-0.05, 0) is 55.2 Å². The van der Waals surface area contributed by atoms with Gasteiger partial charge in [-0.2, -0.15) is 0 Å². The number of rotatable bonds is 2. The smallest absolute Gasteiger partial charge is 0.0109 e. The number of benzene rings is 3. The Morgan fingerprint density at radius 1 is 0.433 bits per heavy atom. The molecule has 0 nitrogen and oxygen atoms in total. The molecular formula is C30H38. The first-order valence-electron chi connectivity index (χ1n) is 11.1. The van der Waals surface area contributed by atoms with E-state index >= 15 is 0 Å². The molecule has 0 saturated heterocycles. The fourth-order valence-electron chi connectivity index (χ4n) is 4.03. The maximum Gasteiger partial charge on any atom is -0.0109 e. The van der Waals surface area contributed by atoms with Crippen LogP contribution in [0.4, 0.5) is 0 Å². The summed E-state index contributed by atoms with van der Waals surface area (Å²) in [6.07, 6.45) is 0. The summed E-state index contributed by atoms with van der Waals surface area (Å²) in [6.45, 7) is 21.0. The van der Waals surface area contributed by atoms with E-state index in [1.165, 1.54) is 38.9 Å². The molecule has 3 rings (SSSR count). The summed E-state index contributed by atoms with van der Waals surface area (Å²) in [4.78, 5) is 0. The first kappa shape index (κ1) is 22.3. The molecule has 30 heavy (non-hydrogen) atoms. The minimum absolute atomic E-state index is 0.0642. The largest absolute Gasteiger partial charge is 0.0622 e. The van der Waals surface area contributed by atoms with E-state index in [2.05, 4.69) is 129 Å². The van der Waals surface area contributed by atoms with Gasteiger partial charge in [0.05, 0.1) is 0 Å². The summed E-state index contributed by atoms with van der Waals surface area (Å²) in [5.41, 5.74) is 9.78. The van der Waals surface area contributed by atoms with Crippen LogP contribution < -0.4 is 0 Å². The van der Waals surface area contributed by atoms with E-state index < -0.39 is 0 Å². The zero-order valence-corrected chi connectivity index (χ0v) is 20.4. The summed E-state index contributed by atoms with van der Waals surface area (Å²) in [6, 6.07) is 24.7. The van der Waals surface area contributed by atoms with Gasteiger partial charge in [0.2, 0.25) is 0 Å². The molecule has 0 heteroatoms. The van der Waals surface area contributed by atoms with Crippen molar-refractivity contribution in [1.82, 2.24) is 0 Å². The van der Waals surface area contributed by atoms with Gasteiger partial charge in [-0.3, -0.25) is 0 Å². The van der Waals surface area contributed by atoms with E-state index in [4.69, 9.17) is 0 Å². The second kappa shape index (κ2) is 7.73. The molecule has 0 heterocycles. The summed E-state index contributed by atoms with van der Waals surface area (Å²) in [5, 5.41) is 0. The molecule has 3 aromatic carbocycles. The molecule has 0 atom stereocenters. The van der Waals surface area contributed by atoms with E-state index in [-0.39, 0.29) is 16.2 Å². The lowest BCUT2D eigenvalue weighted by atomic mass is 9.71. The van der Waals surface area contributed by atoms with Crippen molar-refractivity contribution in [2.45, 2.75) is 78.6 Å². The Morgan fingerprint density at radius 2 is 0.833 bits per heavy atom. The van der Waals surface area contributed by atoms with Gasteiger partial charge in [-0.15, -0.1) is 0 Å². The van der Waals surface area contributed by atoms with Crippen LogP contribution in [0, 0.1) is 0 Å². The Morgan fingerprint density at radius 3 is 1.23 bits per heavy atom. The molecular weight excluding hydrogens is 360 g/mol. The molecule has 0 aromatic heterocycles. The fraction of sp³-hybridized carbons (Fsp3) is 0.400. The van der Waals surface area contributed by atoms with Crippen LogP contribution in [-0.4, -0.2) is 0 Å². The molecule has 0 aliphatic heterocycles. The molecule has 0 N–H and O–H groups in total. The van der Waals surface area contributed by atoms with Crippen molar-refractivity contribution in [2.24, 2.45) is 0 Å². The second-order valence-corrected chi connectivity index (χ2v) is 11.6. The highest BCUT2D eigenvalue weighted by Crippen LogP contribution is 2.43. The third kappa shape index (κ3) is 4.69. The Bertz CT molecular complexity index is 964. The average Bonchev–Trinajstić information content (AvgIpc) is 2.66. The first-order chi connectivity index (χ1) is 13.8. The second-order valence-electron chi connectivity index (χ2n) is 11.6. The van der Waals surface area contributed by atoms with Crippen molar-refractivity contribution in [3.05, 3.63) is 83.4 Å². The molecule has 0 radical (unpaired) electrons. The Labute approximate surface area is 184 Å². The van der Waals surface area contributed by atoms with Crippen LogP contribution in [0.5, 0.6) is 0 Å². The van der Waals surface area contributed by atoms with E-state index in [0.717, 1.165) is 0 Å². The van der Waals surface area contributed by atoms with Gasteiger partial charge in [0.15, 0.2) is 0 Å². The van der Waals surface area contributed by atoms with Crippen molar-refractivity contribution < 1.29 is 0 Å². The quantitative estimate of drug-likeness (QED) is 0.404. The average molecular weight is 399 g/mol. The predicted octanol–water partition coefficient (Wildman–Crippen LogP) is 8.91. The van der Waals surface area contributed by atoms with Crippen LogP contribution in [0.1, 0.15) is 79.0 Å². The first-order valence-corrected chi connectivity index (χ1v) is 11.1. The Kier molecular flexibility index (Phi) is 5.76. The summed E-state index contributed by atoms with van der Waals surface area (Å²) in [5.74, 6) is 0. The third-order valence-corrected chi connectivity index (χ3v) is 5.90. The number of hydrogen-bond donors (Lipinski definition) is 0. The molecule has 0 unspecified atom stereocenters. The van der Waals surface area contributed by atoms with Crippen LogP contribution >= 0.6 is 0 Å². The van der Waals surface area contributed by atoms with Crippen LogP contribution in [-0.2, 0) is 16.2 Å². The lowest BCUT2D eigenvalue weighted by molar-refractivity contribution is 0.550. The molecule has 0 saturated carbocycles. The molecule has 3 aromatic rings. The lowest BCUT2D eigenvalue weighted by Gasteiger charge is -2.34. The molecule has 0 fully saturated rings. The highest BCUT2D eigenvalue weighted by atomic mass is 14.3. The minimum atomic E-state index is 0.0642.